The van der Waals surface area contributed by atoms with Gasteiger partial charge in [0.25, 0.3) is 0 Å². The second-order valence-corrected chi connectivity index (χ2v) is 7.36. The van der Waals surface area contributed by atoms with Crippen LogP contribution in [0.5, 0.6) is 17.2 Å². The zero-order valence-electron chi connectivity index (χ0n) is 18.6. The third-order valence-electron chi connectivity index (χ3n) is 5.34. The lowest BCUT2D eigenvalue weighted by Gasteiger charge is -2.16. The van der Waals surface area contributed by atoms with Gasteiger partial charge in [-0.3, -0.25) is 4.79 Å². The molecule has 166 valence electrons. The number of hydrogen-bond acceptors (Lipinski definition) is 7. The monoisotopic (exact) mass is 434 g/mol. The van der Waals surface area contributed by atoms with Gasteiger partial charge < -0.3 is 29.7 Å². The lowest BCUT2D eigenvalue weighted by molar-refractivity contribution is -0.116. The van der Waals surface area contributed by atoms with Crippen LogP contribution in [0.4, 0.5) is 28.6 Å². The molecule has 8 nitrogen and oxygen atoms in total. The molecule has 1 aliphatic rings. The molecule has 32 heavy (non-hydrogen) atoms. The minimum atomic E-state index is 0.0705. The molecule has 0 radical (unpaired) electrons. The number of anilines is 5. The third kappa shape index (κ3) is 4.25. The van der Waals surface area contributed by atoms with Crippen molar-refractivity contribution in [2.45, 2.75) is 13.3 Å². The first-order chi connectivity index (χ1) is 15.5. The molecule has 0 atom stereocenters. The highest BCUT2D eigenvalue weighted by Gasteiger charge is 2.22. The van der Waals surface area contributed by atoms with E-state index >= 15 is 0 Å². The van der Waals surface area contributed by atoms with E-state index in [-0.39, 0.29) is 5.91 Å². The second kappa shape index (κ2) is 9.05. The maximum atomic E-state index is 11.8. The Kier molecular flexibility index (Phi) is 6.02. The van der Waals surface area contributed by atoms with Gasteiger partial charge in [-0.1, -0.05) is 0 Å². The minimum Gasteiger partial charge on any atom is -0.493 e. The van der Waals surface area contributed by atoms with Crippen LogP contribution in [-0.2, 0) is 11.2 Å². The minimum absolute atomic E-state index is 0.0705. The van der Waals surface area contributed by atoms with E-state index in [2.05, 4.69) is 21.7 Å². The average molecular weight is 434 g/mol. The lowest BCUT2D eigenvalue weighted by Crippen LogP contribution is -2.25. The van der Waals surface area contributed by atoms with E-state index < -0.39 is 0 Å². The summed E-state index contributed by atoms with van der Waals surface area (Å²) < 4.78 is 16.2. The first kappa shape index (κ1) is 21.3. The Morgan fingerprint density at radius 2 is 1.62 bits per heavy atom. The highest BCUT2D eigenvalue weighted by Crippen LogP contribution is 2.40. The lowest BCUT2D eigenvalue weighted by atomic mass is 10.1. The van der Waals surface area contributed by atoms with Crippen molar-refractivity contribution in [2.75, 3.05) is 43.4 Å². The quantitative estimate of drug-likeness (QED) is 0.566. The molecule has 1 aliphatic heterocycles. The number of pyridine rings is 1. The Morgan fingerprint density at radius 1 is 0.906 bits per heavy atom. The zero-order chi connectivity index (χ0) is 22.7. The van der Waals surface area contributed by atoms with Crippen LogP contribution in [-0.4, -0.2) is 38.8 Å². The van der Waals surface area contributed by atoms with Crippen molar-refractivity contribution in [2.24, 2.45) is 0 Å². The maximum absolute atomic E-state index is 11.8. The number of rotatable bonds is 7. The predicted molar refractivity (Wildman–Crippen MR) is 125 cm³/mol. The fourth-order valence-electron chi connectivity index (χ4n) is 3.85. The largest absolute Gasteiger partial charge is 0.493 e. The van der Waals surface area contributed by atoms with Gasteiger partial charge in [-0.2, -0.15) is 0 Å². The number of ether oxygens (including phenoxy) is 3. The number of nitrogens with zero attached hydrogens (tertiary/aromatic N) is 2. The number of fused-ring (bicyclic) bond motifs is 1. The van der Waals surface area contributed by atoms with Crippen LogP contribution in [0, 0.1) is 0 Å². The Hall–Kier alpha value is -3.94. The molecule has 2 N–H and O–H groups in total. The van der Waals surface area contributed by atoms with Crippen molar-refractivity contribution < 1.29 is 19.0 Å². The summed E-state index contributed by atoms with van der Waals surface area (Å²) in [5.74, 6) is 2.38. The summed E-state index contributed by atoms with van der Waals surface area (Å²) in [6, 6.07) is 13.5. The van der Waals surface area contributed by atoms with Crippen molar-refractivity contribution >= 4 is 34.5 Å². The molecular weight excluding hydrogens is 408 g/mol. The normalized spacial score (nSPS) is 12.2. The van der Waals surface area contributed by atoms with Crippen molar-refractivity contribution in [3.63, 3.8) is 0 Å². The summed E-state index contributed by atoms with van der Waals surface area (Å²) in [6.07, 6.45) is 2.59. The molecule has 2 heterocycles. The molecule has 1 aromatic heterocycles. The summed E-state index contributed by atoms with van der Waals surface area (Å²) in [6.45, 7) is 2.33. The van der Waals surface area contributed by atoms with E-state index in [1.54, 1.807) is 34.4 Å². The molecule has 0 saturated heterocycles. The van der Waals surface area contributed by atoms with E-state index in [0.29, 0.717) is 23.1 Å². The standard InChI is InChI=1S/C24H26N4O4/c1-15(29)28-10-8-16-11-17(5-6-20(16)28)26-18-7-9-25-23(14-18)27-19-12-21(30-2)24(32-4)22(13-19)31-3/h5-7,9,11-14H,8,10H2,1-4H3,(H2,25,26,27). The molecule has 8 heteroatoms. The average Bonchev–Trinajstić information content (AvgIpc) is 3.22. The fraction of sp³-hybridized carbons (Fsp3) is 0.250. The number of methoxy groups -OCH3 is 3. The van der Waals surface area contributed by atoms with Gasteiger partial charge in [-0.25, -0.2) is 4.98 Å². The molecule has 0 bridgehead atoms. The Bertz CT molecular complexity index is 1120. The first-order valence-corrected chi connectivity index (χ1v) is 10.2. The van der Waals surface area contributed by atoms with Gasteiger partial charge in [0.2, 0.25) is 11.7 Å². The van der Waals surface area contributed by atoms with E-state index in [1.165, 1.54) is 0 Å². The molecule has 3 aromatic rings. The number of aromatic nitrogens is 1. The van der Waals surface area contributed by atoms with Gasteiger partial charge in [0.05, 0.1) is 21.3 Å². The van der Waals surface area contributed by atoms with Crippen LogP contribution in [0.3, 0.4) is 0 Å². The highest BCUT2D eigenvalue weighted by atomic mass is 16.5. The zero-order valence-corrected chi connectivity index (χ0v) is 18.6. The number of amides is 1. The number of carbonyl (C=O) groups is 1. The topological polar surface area (TPSA) is 85.0 Å². The second-order valence-electron chi connectivity index (χ2n) is 7.36. The SMILES string of the molecule is COc1cc(Nc2cc(Nc3ccc4c(c3)CCN4C(C)=O)ccn2)cc(OC)c1OC. The Morgan fingerprint density at radius 3 is 2.28 bits per heavy atom. The number of nitrogens with one attached hydrogen (secondary N) is 2. The van der Waals surface area contributed by atoms with Crippen LogP contribution in [0.2, 0.25) is 0 Å². The van der Waals surface area contributed by atoms with Gasteiger partial charge in [-0.05, 0) is 36.2 Å². The number of carbonyl (C=O) groups excluding carboxylic acids is 1. The molecule has 1 amide bonds. The van der Waals surface area contributed by atoms with Gasteiger partial charge in [0.15, 0.2) is 11.5 Å². The summed E-state index contributed by atoms with van der Waals surface area (Å²) in [7, 11) is 4.73. The van der Waals surface area contributed by atoms with Crippen molar-refractivity contribution in [3.05, 3.63) is 54.2 Å². The van der Waals surface area contributed by atoms with Crippen LogP contribution < -0.4 is 29.7 Å². The van der Waals surface area contributed by atoms with E-state index in [0.717, 1.165) is 41.3 Å². The number of benzene rings is 2. The van der Waals surface area contributed by atoms with E-state index in [9.17, 15) is 4.79 Å². The van der Waals surface area contributed by atoms with Crippen molar-refractivity contribution in [1.29, 1.82) is 0 Å². The number of hydrogen-bond donors (Lipinski definition) is 2. The molecule has 0 unspecified atom stereocenters. The van der Waals surface area contributed by atoms with Crippen LogP contribution in [0.1, 0.15) is 12.5 Å². The predicted octanol–water partition coefficient (Wildman–Crippen LogP) is 4.50. The Labute approximate surface area is 187 Å². The molecule has 0 fully saturated rings. The molecule has 0 saturated carbocycles. The summed E-state index contributed by atoms with van der Waals surface area (Å²) in [4.78, 5) is 18.0. The van der Waals surface area contributed by atoms with Gasteiger partial charge in [0, 0.05) is 60.6 Å². The molecule has 2 aromatic carbocycles. The summed E-state index contributed by atoms with van der Waals surface area (Å²) in [5.41, 5.74) is 4.75. The van der Waals surface area contributed by atoms with Gasteiger partial charge >= 0.3 is 0 Å². The molecule has 0 spiro atoms. The van der Waals surface area contributed by atoms with Crippen molar-refractivity contribution in [3.8, 4) is 17.2 Å². The van der Waals surface area contributed by atoms with Gasteiger partial charge in [0.1, 0.15) is 5.82 Å². The third-order valence-corrected chi connectivity index (χ3v) is 5.34. The fourth-order valence-corrected chi connectivity index (χ4v) is 3.85. The molecular formula is C24H26N4O4. The summed E-state index contributed by atoms with van der Waals surface area (Å²) >= 11 is 0. The van der Waals surface area contributed by atoms with Crippen LogP contribution in [0.15, 0.2) is 48.7 Å². The van der Waals surface area contributed by atoms with E-state index in [1.807, 2.05) is 41.3 Å². The van der Waals surface area contributed by atoms with Crippen molar-refractivity contribution in [1.82, 2.24) is 4.98 Å². The highest BCUT2D eigenvalue weighted by molar-refractivity contribution is 5.94. The first-order valence-electron chi connectivity index (χ1n) is 10.2. The van der Waals surface area contributed by atoms with Gasteiger partial charge in [-0.15, -0.1) is 0 Å². The van der Waals surface area contributed by atoms with E-state index in [4.69, 9.17) is 14.2 Å². The van der Waals surface area contributed by atoms with Crippen LogP contribution in [0.25, 0.3) is 0 Å². The molecule has 4 rings (SSSR count). The summed E-state index contributed by atoms with van der Waals surface area (Å²) in [5, 5.41) is 6.69. The van der Waals surface area contributed by atoms with Crippen LogP contribution >= 0.6 is 0 Å². The smallest absolute Gasteiger partial charge is 0.223 e. The molecule has 0 aliphatic carbocycles. The maximum Gasteiger partial charge on any atom is 0.223 e. The Balaban J connectivity index is 1.53.